The van der Waals surface area contributed by atoms with Crippen molar-refractivity contribution in [3.8, 4) is 0 Å². The maximum absolute atomic E-state index is 13.3. The number of carbonyl (C=O) groups is 3. The zero-order valence-corrected chi connectivity index (χ0v) is 17.8. The first kappa shape index (κ1) is 21.3. The van der Waals surface area contributed by atoms with E-state index in [1.807, 2.05) is 51.9 Å². The zero-order valence-electron chi connectivity index (χ0n) is 17.8. The molecule has 1 N–H and O–H groups in total. The van der Waals surface area contributed by atoms with Gasteiger partial charge in [-0.2, -0.15) is 0 Å². The van der Waals surface area contributed by atoms with Crippen LogP contribution < -0.4 is 10.2 Å². The quantitative estimate of drug-likeness (QED) is 0.785. The highest BCUT2D eigenvalue weighted by atomic mass is 16.5. The van der Waals surface area contributed by atoms with E-state index in [4.69, 9.17) is 4.74 Å². The van der Waals surface area contributed by atoms with E-state index < -0.39 is 12.1 Å². The summed E-state index contributed by atoms with van der Waals surface area (Å²) < 4.78 is 5.59. The van der Waals surface area contributed by atoms with Crippen LogP contribution in [0.2, 0.25) is 0 Å². The predicted octanol–water partition coefficient (Wildman–Crippen LogP) is 1.71. The molecule has 0 unspecified atom stereocenters. The largest absolute Gasteiger partial charge is 0.378 e. The van der Waals surface area contributed by atoms with Crippen molar-refractivity contribution < 1.29 is 19.1 Å². The number of Topliss-reactive ketones (excluding diaryl/α,β-unsaturated/α-hetero) is 1. The summed E-state index contributed by atoms with van der Waals surface area (Å²) >= 11 is 0. The number of ether oxygens (including phenoxy) is 1. The van der Waals surface area contributed by atoms with Crippen LogP contribution in [0.1, 0.15) is 37.6 Å². The highest BCUT2D eigenvalue weighted by molar-refractivity contribution is 5.99. The highest BCUT2D eigenvalue weighted by Crippen LogP contribution is 2.32. The van der Waals surface area contributed by atoms with Crippen molar-refractivity contribution in [2.24, 2.45) is 11.8 Å². The Morgan fingerprint density at radius 3 is 2.48 bits per heavy atom. The third-order valence-corrected chi connectivity index (χ3v) is 5.68. The molecule has 0 spiro atoms. The first-order valence-electron chi connectivity index (χ1n) is 10.2. The van der Waals surface area contributed by atoms with Gasteiger partial charge in [-0.1, -0.05) is 20.8 Å². The number of hydrogen-bond donors (Lipinski definition) is 1. The Kier molecular flexibility index (Phi) is 6.27. The van der Waals surface area contributed by atoms with Crippen molar-refractivity contribution in [2.75, 3.05) is 32.1 Å². The fourth-order valence-corrected chi connectivity index (χ4v) is 4.17. The maximum Gasteiger partial charge on any atom is 0.251 e. The van der Waals surface area contributed by atoms with Gasteiger partial charge in [0.2, 0.25) is 5.91 Å². The number of anilines is 1. The third kappa shape index (κ3) is 4.45. The summed E-state index contributed by atoms with van der Waals surface area (Å²) in [6.45, 7) is 6.55. The SMILES string of the molecule is CC(C)C[C@H](NC(=O)c1ccc(N(C)C)cc1)C(=O)N1C[C@H](C)[C@H]2OCC(=O)[C@H]21. The molecule has 2 saturated heterocycles. The van der Waals surface area contributed by atoms with Crippen molar-refractivity contribution in [3.63, 3.8) is 0 Å². The second-order valence-corrected chi connectivity index (χ2v) is 8.75. The normalized spacial score (nSPS) is 24.6. The number of rotatable bonds is 6. The van der Waals surface area contributed by atoms with E-state index in [0.717, 1.165) is 5.69 Å². The van der Waals surface area contributed by atoms with Crippen LogP contribution in [0, 0.1) is 11.8 Å². The molecule has 0 saturated carbocycles. The van der Waals surface area contributed by atoms with E-state index in [1.54, 1.807) is 17.0 Å². The van der Waals surface area contributed by atoms with E-state index in [0.29, 0.717) is 18.5 Å². The summed E-state index contributed by atoms with van der Waals surface area (Å²) in [6.07, 6.45) is 0.276. The van der Waals surface area contributed by atoms with Gasteiger partial charge in [0.25, 0.3) is 5.91 Å². The van der Waals surface area contributed by atoms with Gasteiger partial charge in [0.1, 0.15) is 18.7 Å². The van der Waals surface area contributed by atoms with Gasteiger partial charge in [-0.25, -0.2) is 0 Å². The molecule has 2 aliphatic heterocycles. The molecule has 0 aromatic heterocycles. The average molecular weight is 402 g/mol. The average Bonchev–Trinajstić information content (AvgIpc) is 3.21. The molecule has 0 bridgehead atoms. The molecule has 2 aliphatic rings. The van der Waals surface area contributed by atoms with E-state index in [9.17, 15) is 14.4 Å². The number of ketones is 1. The van der Waals surface area contributed by atoms with Crippen LogP contribution in [-0.2, 0) is 14.3 Å². The van der Waals surface area contributed by atoms with Gasteiger partial charge >= 0.3 is 0 Å². The number of carbonyl (C=O) groups excluding carboxylic acids is 3. The lowest BCUT2D eigenvalue weighted by Gasteiger charge is -2.28. The molecule has 0 radical (unpaired) electrons. The Labute approximate surface area is 172 Å². The van der Waals surface area contributed by atoms with E-state index in [-0.39, 0.29) is 42.1 Å². The minimum absolute atomic E-state index is 0.0541. The molecule has 0 aliphatic carbocycles. The molecule has 158 valence electrons. The van der Waals surface area contributed by atoms with Gasteiger partial charge in [0.05, 0.1) is 6.10 Å². The molecule has 2 amide bonds. The number of likely N-dealkylation sites (tertiary alicyclic amines) is 1. The first-order chi connectivity index (χ1) is 13.7. The Hall–Kier alpha value is -2.41. The lowest BCUT2D eigenvalue weighted by atomic mass is 10.0. The Bertz CT molecular complexity index is 775. The number of fused-ring (bicyclic) bond motifs is 1. The molecule has 7 nitrogen and oxygen atoms in total. The van der Waals surface area contributed by atoms with Crippen LogP contribution in [0.15, 0.2) is 24.3 Å². The summed E-state index contributed by atoms with van der Waals surface area (Å²) in [5.41, 5.74) is 1.50. The van der Waals surface area contributed by atoms with Crippen molar-refractivity contribution in [3.05, 3.63) is 29.8 Å². The molecule has 29 heavy (non-hydrogen) atoms. The van der Waals surface area contributed by atoms with Gasteiger partial charge in [0, 0.05) is 37.8 Å². The van der Waals surface area contributed by atoms with Gasteiger partial charge in [-0.05, 0) is 36.6 Å². The van der Waals surface area contributed by atoms with Crippen molar-refractivity contribution >= 4 is 23.3 Å². The van der Waals surface area contributed by atoms with Crippen LogP contribution in [-0.4, -0.2) is 67.9 Å². The van der Waals surface area contributed by atoms with E-state index in [2.05, 4.69) is 5.32 Å². The molecule has 4 atom stereocenters. The number of nitrogens with zero attached hydrogens (tertiary/aromatic N) is 2. The monoisotopic (exact) mass is 401 g/mol. The Morgan fingerprint density at radius 2 is 1.90 bits per heavy atom. The zero-order chi connectivity index (χ0) is 21.3. The van der Waals surface area contributed by atoms with Crippen LogP contribution >= 0.6 is 0 Å². The third-order valence-electron chi connectivity index (χ3n) is 5.68. The number of amides is 2. The van der Waals surface area contributed by atoms with Gasteiger partial charge in [-0.15, -0.1) is 0 Å². The van der Waals surface area contributed by atoms with E-state index >= 15 is 0 Å². The maximum atomic E-state index is 13.3. The predicted molar refractivity (Wildman–Crippen MR) is 111 cm³/mol. The molecular formula is C22H31N3O4. The Morgan fingerprint density at radius 1 is 1.24 bits per heavy atom. The fraction of sp³-hybridized carbons (Fsp3) is 0.591. The van der Waals surface area contributed by atoms with Gasteiger partial charge in [0.15, 0.2) is 5.78 Å². The summed E-state index contributed by atoms with van der Waals surface area (Å²) in [4.78, 5) is 42.0. The molecule has 1 aromatic carbocycles. The molecule has 3 rings (SSSR count). The lowest BCUT2D eigenvalue weighted by molar-refractivity contribution is -0.138. The van der Waals surface area contributed by atoms with Crippen LogP contribution in [0.5, 0.6) is 0 Å². The van der Waals surface area contributed by atoms with Crippen LogP contribution in [0.4, 0.5) is 5.69 Å². The minimum Gasteiger partial charge on any atom is -0.378 e. The fourth-order valence-electron chi connectivity index (χ4n) is 4.17. The van der Waals surface area contributed by atoms with Crippen LogP contribution in [0.3, 0.4) is 0 Å². The molecule has 2 fully saturated rings. The number of benzene rings is 1. The minimum atomic E-state index is -0.671. The second-order valence-electron chi connectivity index (χ2n) is 8.75. The second kappa shape index (κ2) is 8.53. The highest BCUT2D eigenvalue weighted by Gasteiger charge is 2.51. The smallest absolute Gasteiger partial charge is 0.251 e. The summed E-state index contributed by atoms with van der Waals surface area (Å²) in [6, 6.07) is 6.05. The molecule has 7 heteroatoms. The summed E-state index contributed by atoms with van der Waals surface area (Å²) in [5.74, 6) is -0.222. The Balaban J connectivity index is 1.76. The standard InChI is InChI=1S/C22H31N3O4/c1-13(2)10-17(23-21(27)15-6-8-16(9-7-15)24(4)5)22(28)25-11-14(3)20-19(25)18(26)12-29-20/h6-9,13-14,17,19-20H,10-12H2,1-5H3,(H,23,27)/t14-,17-,19+,20+/m0/s1. The van der Waals surface area contributed by atoms with Crippen molar-refractivity contribution in [2.45, 2.75) is 45.4 Å². The molecule has 1 aromatic rings. The van der Waals surface area contributed by atoms with E-state index in [1.165, 1.54) is 0 Å². The lowest BCUT2D eigenvalue weighted by Crippen LogP contribution is -2.52. The molecule has 2 heterocycles. The van der Waals surface area contributed by atoms with Gasteiger partial charge in [-0.3, -0.25) is 14.4 Å². The van der Waals surface area contributed by atoms with Crippen LogP contribution in [0.25, 0.3) is 0 Å². The summed E-state index contributed by atoms with van der Waals surface area (Å²) in [7, 11) is 3.87. The van der Waals surface area contributed by atoms with Gasteiger partial charge < -0.3 is 19.9 Å². The van der Waals surface area contributed by atoms with Crippen molar-refractivity contribution in [1.82, 2.24) is 10.2 Å². The topological polar surface area (TPSA) is 79.0 Å². The molecular weight excluding hydrogens is 370 g/mol. The first-order valence-corrected chi connectivity index (χ1v) is 10.2. The van der Waals surface area contributed by atoms with Crippen molar-refractivity contribution in [1.29, 1.82) is 0 Å². The number of nitrogens with one attached hydrogen (secondary N) is 1. The number of hydrogen-bond acceptors (Lipinski definition) is 5. The summed E-state index contributed by atoms with van der Waals surface area (Å²) in [5, 5.41) is 2.90.